The molecule has 1 fully saturated rings. The molecule has 0 radical (unpaired) electrons. The minimum absolute atomic E-state index is 0.431. The van der Waals surface area contributed by atoms with Crippen LogP contribution in [0.25, 0.3) is 0 Å². The van der Waals surface area contributed by atoms with E-state index >= 15 is 0 Å². The minimum atomic E-state index is 0.431. The summed E-state index contributed by atoms with van der Waals surface area (Å²) in [5, 5.41) is 6.56. The Morgan fingerprint density at radius 3 is 3.00 bits per heavy atom. The number of hydrogen-bond acceptors (Lipinski definition) is 6. The number of aromatic nitrogens is 2. The lowest BCUT2D eigenvalue weighted by Crippen LogP contribution is -2.32. The maximum Gasteiger partial charge on any atom is 0.218 e. The van der Waals surface area contributed by atoms with Gasteiger partial charge in [0.2, 0.25) is 5.88 Å². The summed E-state index contributed by atoms with van der Waals surface area (Å²) >= 11 is 0. The van der Waals surface area contributed by atoms with Crippen LogP contribution < -0.4 is 15.4 Å². The highest BCUT2D eigenvalue weighted by Crippen LogP contribution is 2.10. The van der Waals surface area contributed by atoms with E-state index in [1.807, 2.05) is 0 Å². The van der Waals surface area contributed by atoms with Gasteiger partial charge in [-0.25, -0.2) is 9.97 Å². The molecular formula is C13H22N4O2. The van der Waals surface area contributed by atoms with Gasteiger partial charge in [0.15, 0.2) is 0 Å². The van der Waals surface area contributed by atoms with Crippen molar-refractivity contribution in [3.63, 3.8) is 0 Å². The van der Waals surface area contributed by atoms with Crippen molar-refractivity contribution >= 4 is 5.82 Å². The largest absolute Gasteiger partial charge is 0.481 e. The Morgan fingerprint density at radius 1 is 1.37 bits per heavy atom. The maximum absolute atomic E-state index is 5.83. The number of rotatable bonds is 7. The molecule has 1 aromatic rings. The lowest BCUT2D eigenvalue weighted by atomic mass is 10.1. The molecule has 1 aromatic heterocycles. The van der Waals surface area contributed by atoms with Crippen molar-refractivity contribution in [2.75, 3.05) is 38.7 Å². The molecule has 2 N–H and O–H groups in total. The molecule has 0 amide bonds. The molecule has 0 unspecified atom stereocenters. The molecular weight excluding hydrogens is 244 g/mol. The normalized spacial score (nSPS) is 16.3. The lowest BCUT2D eigenvalue weighted by molar-refractivity contribution is 0.0329. The number of piperidine rings is 1. The molecule has 6 heteroatoms. The van der Waals surface area contributed by atoms with Crippen molar-refractivity contribution in [2.45, 2.75) is 25.4 Å². The quantitative estimate of drug-likeness (QED) is 0.719. The SMILES string of the molecule is COc1cc(NCCCOC2CCNCC2)ncn1. The number of nitrogens with one attached hydrogen (secondary N) is 2. The van der Waals surface area contributed by atoms with Crippen LogP contribution in [0.1, 0.15) is 19.3 Å². The van der Waals surface area contributed by atoms with Crippen LogP contribution in [0.5, 0.6) is 5.88 Å². The van der Waals surface area contributed by atoms with Gasteiger partial charge in [-0.1, -0.05) is 0 Å². The standard InChI is InChI=1S/C13H22N4O2/c1-18-13-9-12(16-10-17-13)15-5-2-8-19-11-3-6-14-7-4-11/h9-11,14H,2-8H2,1H3,(H,15,16,17). The smallest absolute Gasteiger partial charge is 0.218 e. The minimum Gasteiger partial charge on any atom is -0.481 e. The van der Waals surface area contributed by atoms with Crippen molar-refractivity contribution in [3.8, 4) is 5.88 Å². The molecule has 0 aromatic carbocycles. The van der Waals surface area contributed by atoms with E-state index in [0.29, 0.717) is 12.0 Å². The zero-order valence-electron chi connectivity index (χ0n) is 11.4. The monoisotopic (exact) mass is 266 g/mol. The fraction of sp³-hybridized carbons (Fsp3) is 0.692. The highest BCUT2D eigenvalue weighted by atomic mass is 16.5. The molecule has 0 bridgehead atoms. The van der Waals surface area contributed by atoms with E-state index in [1.54, 1.807) is 13.2 Å². The van der Waals surface area contributed by atoms with Gasteiger partial charge in [0, 0.05) is 19.2 Å². The first-order chi connectivity index (χ1) is 9.38. The summed E-state index contributed by atoms with van der Waals surface area (Å²) in [6.45, 7) is 3.78. The zero-order chi connectivity index (χ0) is 13.3. The molecule has 1 saturated heterocycles. The maximum atomic E-state index is 5.83. The summed E-state index contributed by atoms with van der Waals surface area (Å²) in [4.78, 5) is 8.08. The molecule has 0 spiro atoms. The van der Waals surface area contributed by atoms with Gasteiger partial charge in [0.05, 0.1) is 13.2 Å². The predicted octanol–water partition coefficient (Wildman–Crippen LogP) is 1.06. The Bertz CT molecular complexity index is 369. The third-order valence-corrected chi connectivity index (χ3v) is 3.12. The number of ether oxygens (including phenoxy) is 2. The van der Waals surface area contributed by atoms with E-state index < -0.39 is 0 Å². The fourth-order valence-corrected chi connectivity index (χ4v) is 2.05. The van der Waals surface area contributed by atoms with Crippen LogP contribution in [0.3, 0.4) is 0 Å². The van der Waals surface area contributed by atoms with Gasteiger partial charge in [0.25, 0.3) is 0 Å². The third-order valence-electron chi connectivity index (χ3n) is 3.12. The Kier molecular flexibility index (Phi) is 5.84. The van der Waals surface area contributed by atoms with E-state index in [-0.39, 0.29) is 0 Å². The first-order valence-corrected chi connectivity index (χ1v) is 6.80. The van der Waals surface area contributed by atoms with Crippen LogP contribution in [0.4, 0.5) is 5.82 Å². The van der Waals surface area contributed by atoms with Crippen LogP contribution in [0, 0.1) is 0 Å². The van der Waals surface area contributed by atoms with Gasteiger partial charge >= 0.3 is 0 Å². The highest BCUT2D eigenvalue weighted by Gasteiger charge is 2.12. The van der Waals surface area contributed by atoms with E-state index in [0.717, 1.165) is 51.3 Å². The van der Waals surface area contributed by atoms with Gasteiger partial charge in [0.1, 0.15) is 12.1 Å². The van der Waals surface area contributed by atoms with E-state index in [9.17, 15) is 0 Å². The molecule has 19 heavy (non-hydrogen) atoms. The zero-order valence-corrected chi connectivity index (χ0v) is 11.4. The molecule has 2 heterocycles. The molecule has 0 aliphatic carbocycles. The van der Waals surface area contributed by atoms with Crippen molar-refractivity contribution in [1.29, 1.82) is 0 Å². The van der Waals surface area contributed by atoms with E-state index in [4.69, 9.17) is 9.47 Å². The van der Waals surface area contributed by atoms with Gasteiger partial charge in [-0.2, -0.15) is 0 Å². The highest BCUT2D eigenvalue weighted by molar-refractivity contribution is 5.36. The molecule has 0 saturated carbocycles. The third kappa shape index (κ3) is 5.00. The second kappa shape index (κ2) is 7.91. The number of anilines is 1. The average Bonchev–Trinajstić information content (AvgIpc) is 2.48. The summed E-state index contributed by atoms with van der Waals surface area (Å²) in [5.41, 5.74) is 0. The molecule has 0 atom stereocenters. The van der Waals surface area contributed by atoms with Crippen LogP contribution in [-0.4, -0.2) is 49.4 Å². The Balaban J connectivity index is 1.58. The molecule has 2 rings (SSSR count). The molecule has 6 nitrogen and oxygen atoms in total. The number of methoxy groups -OCH3 is 1. The number of nitrogens with zero attached hydrogens (tertiary/aromatic N) is 2. The van der Waals surface area contributed by atoms with Crippen LogP contribution in [-0.2, 0) is 4.74 Å². The number of hydrogen-bond donors (Lipinski definition) is 2. The van der Waals surface area contributed by atoms with E-state index in [1.165, 1.54) is 6.33 Å². The summed E-state index contributed by atoms with van der Waals surface area (Å²) in [7, 11) is 1.60. The Morgan fingerprint density at radius 2 is 2.21 bits per heavy atom. The van der Waals surface area contributed by atoms with Gasteiger partial charge < -0.3 is 20.1 Å². The first kappa shape index (κ1) is 14.0. The molecule has 106 valence electrons. The van der Waals surface area contributed by atoms with Crippen LogP contribution in [0.2, 0.25) is 0 Å². The van der Waals surface area contributed by atoms with E-state index in [2.05, 4.69) is 20.6 Å². The van der Waals surface area contributed by atoms with Crippen molar-refractivity contribution < 1.29 is 9.47 Å². The Labute approximate surface area is 113 Å². The average molecular weight is 266 g/mol. The second-order valence-corrected chi connectivity index (χ2v) is 4.55. The lowest BCUT2D eigenvalue weighted by Gasteiger charge is -2.22. The van der Waals surface area contributed by atoms with Crippen LogP contribution >= 0.6 is 0 Å². The Hall–Kier alpha value is -1.40. The summed E-state index contributed by atoms with van der Waals surface area (Å²) < 4.78 is 10.9. The van der Waals surface area contributed by atoms with Crippen molar-refractivity contribution in [2.24, 2.45) is 0 Å². The van der Waals surface area contributed by atoms with Gasteiger partial charge in [-0.3, -0.25) is 0 Å². The fourth-order valence-electron chi connectivity index (χ4n) is 2.05. The second-order valence-electron chi connectivity index (χ2n) is 4.55. The topological polar surface area (TPSA) is 68.3 Å². The molecule has 1 aliphatic rings. The summed E-state index contributed by atoms with van der Waals surface area (Å²) in [6, 6.07) is 1.79. The predicted molar refractivity (Wildman–Crippen MR) is 73.5 cm³/mol. The van der Waals surface area contributed by atoms with Crippen molar-refractivity contribution in [1.82, 2.24) is 15.3 Å². The summed E-state index contributed by atoms with van der Waals surface area (Å²) in [5.74, 6) is 1.36. The van der Waals surface area contributed by atoms with Gasteiger partial charge in [-0.15, -0.1) is 0 Å². The molecule has 1 aliphatic heterocycles. The van der Waals surface area contributed by atoms with Crippen molar-refractivity contribution in [3.05, 3.63) is 12.4 Å². The van der Waals surface area contributed by atoms with Crippen LogP contribution in [0.15, 0.2) is 12.4 Å². The first-order valence-electron chi connectivity index (χ1n) is 6.80. The summed E-state index contributed by atoms with van der Waals surface area (Å²) in [6.07, 6.45) is 5.14. The van der Waals surface area contributed by atoms with Gasteiger partial charge in [-0.05, 0) is 32.4 Å².